The first-order valence-electron chi connectivity index (χ1n) is 10.2. The Morgan fingerprint density at radius 3 is 2.34 bits per heavy atom. The number of nitrogens with one attached hydrogen (secondary N) is 2. The molecule has 8 heteroatoms. The van der Waals surface area contributed by atoms with Crippen LogP contribution in [0.1, 0.15) is 44.1 Å². The lowest BCUT2D eigenvalue weighted by Gasteiger charge is -2.57. The van der Waals surface area contributed by atoms with Crippen LogP contribution in [-0.4, -0.2) is 20.4 Å². The van der Waals surface area contributed by atoms with Gasteiger partial charge in [0.2, 0.25) is 11.6 Å². The van der Waals surface area contributed by atoms with Gasteiger partial charge in [-0.3, -0.25) is 10.1 Å². The van der Waals surface area contributed by atoms with Crippen LogP contribution < -0.4 is 10.6 Å². The van der Waals surface area contributed by atoms with Crippen LogP contribution in [0.3, 0.4) is 0 Å². The van der Waals surface area contributed by atoms with Gasteiger partial charge in [-0.15, -0.1) is 0 Å². The van der Waals surface area contributed by atoms with Crippen molar-refractivity contribution in [2.75, 3.05) is 10.6 Å². The maximum atomic E-state index is 12.0. The summed E-state index contributed by atoms with van der Waals surface area (Å²) in [4.78, 5) is 20.1. The first-order valence-corrected chi connectivity index (χ1v) is 10.6. The van der Waals surface area contributed by atoms with E-state index in [4.69, 9.17) is 11.6 Å². The van der Waals surface area contributed by atoms with Crippen LogP contribution in [0.2, 0.25) is 5.02 Å². The molecule has 4 aliphatic carbocycles. The molecule has 0 aliphatic heterocycles. The molecule has 2 aromatic rings. The predicted octanol–water partition coefficient (Wildman–Crippen LogP) is 5.47. The second-order valence-corrected chi connectivity index (χ2v) is 9.52. The molecule has 0 radical (unpaired) electrons. The fourth-order valence-corrected chi connectivity index (χ4v) is 6.28. The van der Waals surface area contributed by atoms with Crippen LogP contribution in [0.4, 0.5) is 23.0 Å². The van der Waals surface area contributed by atoms with Gasteiger partial charge in [0.1, 0.15) is 6.33 Å². The van der Waals surface area contributed by atoms with Gasteiger partial charge >= 0.3 is 5.69 Å². The Balaban J connectivity index is 1.49. The monoisotopic (exact) mass is 413 g/mol. The predicted molar refractivity (Wildman–Crippen MR) is 113 cm³/mol. The molecule has 0 spiro atoms. The number of aryl methyl sites for hydroxylation is 1. The molecule has 152 valence electrons. The maximum Gasteiger partial charge on any atom is 0.353 e. The fourth-order valence-electron chi connectivity index (χ4n) is 6.11. The highest BCUT2D eigenvalue weighted by Gasteiger charge is 2.51. The number of nitrogens with zero attached hydrogens (tertiary/aromatic N) is 3. The highest BCUT2D eigenvalue weighted by atomic mass is 35.5. The molecule has 4 aliphatic rings. The lowest BCUT2D eigenvalue weighted by Crippen LogP contribution is -2.55. The third kappa shape index (κ3) is 3.41. The van der Waals surface area contributed by atoms with Gasteiger partial charge in [-0.05, 0) is 80.9 Å². The van der Waals surface area contributed by atoms with Crippen molar-refractivity contribution in [3.05, 3.63) is 45.2 Å². The second kappa shape index (κ2) is 6.83. The van der Waals surface area contributed by atoms with Crippen molar-refractivity contribution >= 4 is 34.6 Å². The van der Waals surface area contributed by atoms with Gasteiger partial charge in [0.05, 0.1) is 4.92 Å². The SMILES string of the molecule is Cc1ccc(Cl)cc1Nc1ncnc(NC23CC4CC(CC(C4)C2)C3)c1[N+](=O)[O-]. The first kappa shape index (κ1) is 18.6. The highest BCUT2D eigenvalue weighted by molar-refractivity contribution is 6.30. The van der Waals surface area contributed by atoms with Gasteiger partial charge in [0.25, 0.3) is 0 Å². The van der Waals surface area contributed by atoms with Crippen molar-refractivity contribution in [1.29, 1.82) is 0 Å². The molecule has 6 rings (SSSR count). The number of rotatable bonds is 5. The van der Waals surface area contributed by atoms with E-state index in [1.807, 2.05) is 13.0 Å². The molecule has 4 fully saturated rings. The molecule has 0 unspecified atom stereocenters. The standard InChI is InChI=1S/C21H24ClN5O2/c1-12-2-3-16(22)7-17(12)25-19-18(27(28)29)20(24-11-23-19)26-21-8-13-4-14(9-21)6-15(5-13)10-21/h2-3,7,11,13-15H,4-6,8-10H2,1H3,(H2,23,24,25,26). The number of anilines is 3. The molecule has 0 amide bonds. The summed E-state index contributed by atoms with van der Waals surface area (Å²) in [5.41, 5.74) is 1.44. The van der Waals surface area contributed by atoms with Gasteiger partial charge in [0.15, 0.2) is 0 Å². The molecule has 4 bridgehead atoms. The third-order valence-corrected chi connectivity index (χ3v) is 7.11. The largest absolute Gasteiger partial charge is 0.359 e. The number of hydrogen-bond acceptors (Lipinski definition) is 6. The topological polar surface area (TPSA) is 93.0 Å². The summed E-state index contributed by atoms with van der Waals surface area (Å²) < 4.78 is 0. The van der Waals surface area contributed by atoms with Crippen LogP contribution in [0.25, 0.3) is 0 Å². The van der Waals surface area contributed by atoms with Crippen LogP contribution in [0.15, 0.2) is 24.5 Å². The molecule has 29 heavy (non-hydrogen) atoms. The molecular weight excluding hydrogens is 390 g/mol. The number of aromatic nitrogens is 2. The van der Waals surface area contributed by atoms with E-state index in [1.54, 1.807) is 12.1 Å². The summed E-state index contributed by atoms with van der Waals surface area (Å²) in [6.45, 7) is 1.92. The zero-order valence-corrected chi connectivity index (χ0v) is 17.1. The summed E-state index contributed by atoms with van der Waals surface area (Å²) in [6.07, 6.45) is 8.57. The Morgan fingerprint density at radius 2 is 1.72 bits per heavy atom. The van der Waals surface area contributed by atoms with E-state index >= 15 is 0 Å². The van der Waals surface area contributed by atoms with E-state index in [-0.39, 0.29) is 17.0 Å². The second-order valence-electron chi connectivity index (χ2n) is 9.08. The Kier molecular flexibility index (Phi) is 4.38. The quantitative estimate of drug-likeness (QED) is 0.498. The van der Waals surface area contributed by atoms with Crippen molar-refractivity contribution in [3.8, 4) is 0 Å². The van der Waals surface area contributed by atoms with Crippen molar-refractivity contribution in [1.82, 2.24) is 9.97 Å². The molecule has 1 heterocycles. The van der Waals surface area contributed by atoms with Crippen LogP contribution in [-0.2, 0) is 0 Å². The summed E-state index contributed by atoms with van der Waals surface area (Å²) in [5, 5.41) is 19.2. The first-order chi connectivity index (χ1) is 13.9. The smallest absolute Gasteiger partial charge is 0.353 e. The minimum atomic E-state index is -0.398. The number of nitro groups is 1. The average molecular weight is 414 g/mol. The van der Waals surface area contributed by atoms with Gasteiger partial charge in [-0.2, -0.15) is 0 Å². The Bertz CT molecular complexity index is 944. The summed E-state index contributed by atoms with van der Waals surface area (Å²) >= 11 is 6.10. The molecule has 0 atom stereocenters. The van der Waals surface area contributed by atoms with Crippen LogP contribution >= 0.6 is 11.6 Å². The normalized spacial score (nSPS) is 29.7. The maximum absolute atomic E-state index is 12.0. The molecule has 1 aromatic carbocycles. The average Bonchev–Trinajstić information content (AvgIpc) is 2.63. The van der Waals surface area contributed by atoms with E-state index in [1.165, 1.54) is 25.6 Å². The van der Waals surface area contributed by atoms with Crippen molar-refractivity contribution in [3.63, 3.8) is 0 Å². The lowest BCUT2D eigenvalue weighted by atomic mass is 9.53. The lowest BCUT2D eigenvalue weighted by molar-refractivity contribution is -0.383. The highest BCUT2D eigenvalue weighted by Crippen LogP contribution is 2.57. The number of halogens is 1. The van der Waals surface area contributed by atoms with Gasteiger partial charge in [-0.25, -0.2) is 9.97 Å². The summed E-state index contributed by atoms with van der Waals surface area (Å²) in [5.74, 6) is 2.71. The minimum absolute atomic E-state index is 0.0723. The van der Waals surface area contributed by atoms with E-state index in [2.05, 4.69) is 20.6 Å². The van der Waals surface area contributed by atoms with Gasteiger partial charge in [0, 0.05) is 16.2 Å². The van der Waals surface area contributed by atoms with E-state index in [0.717, 1.165) is 42.6 Å². The van der Waals surface area contributed by atoms with Gasteiger partial charge < -0.3 is 10.6 Å². The van der Waals surface area contributed by atoms with Crippen LogP contribution in [0.5, 0.6) is 0 Å². The van der Waals surface area contributed by atoms with Crippen LogP contribution in [0, 0.1) is 34.8 Å². The fraction of sp³-hybridized carbons (Fsp3) is 0.524. The summed E-state index contributed by atoms with van der Waals surface area (Å²) in [7, 11) is 0. The van der Waals surface area contributed by atoms with E-state index in [0.29, 0.717) is 16.5 Å². The molecule has 1 aromatic heterocycles. The Labute approximate surface area is 174 Å². The van der Waals surface area contributed by atoms with Crippen molar-refractivity contribution in [2.24, 2.45) is 17.8 Å². The third-order valence-electron chi connectivity index (χ3n) is 6.88. The Hall–Kier alpha value is -2.41. The molecule has 4 saturated carbocycles. The number of hydrogen-bond donors (Lipinski definition) is 2. The zero-order valence-electron chi connectivity index (χ0n) is 16.3. The molecule has 7 nitrogen and oxygen atoms in total. The number of benzene rings is 1. The minimum Gasteiger partial charge on any atom is -0.359 e. The molecular formula is C21H24ClN5O2. The molecule has 2 N–H and O–H groups in total. The Morgan fingerprint density at radius 1 is 1.10 bits per heavy atom. The van der Waals surface area contributed by atoms with Gasteiger partial charge in [-0.1, -0.05) is 17.7 Å². The van der Waals surface area contributed by atoms with E-state index in [9.17, 15) is 10.1 Å². The summed E-state index contributed by atoms with van der Waals surface area (Å²) in [6, 6.07) is 5.40. The molecule has 0 saturated heterocycles. The van der Waals surface area contributed by atoms with Crippen molar-refractivity contribution in [2.45, 2.75) is 51.0 Å². The van der Waals surface area contributed by atoms with E-state index < -0.39 is 4.92 Å². The zero-order chi connectivity index (χ0) is 20.2. The van der Waals surface area contributed by atoms with Crippen molar-refractivity contribution < 1.29 is 4.92 Å².